The number of aliphatic carboxylic acids is 1. The fourth-order valence-electron chi connectivity index (χ4n) is 1.69. The summed E-state index contributed by atoms with van der Waals surface area (Å²) < 4.78 is 1.22. The van der Waals surface area contributed by atoms with Crippen LogP contribution in [0.3, 0.4) is 0 Å². The third kappa shape index (κ3) is 21.3. The first-order valence-electron chi connectivity index (χ1n) is 6.85. The molecule has 0 amide bonds. The molecule has 0 saturated heterocycles. The summed E-state index contributed by atoms with van der Waals surface area (Å²) in [6.45, 7) is 8.24. The monoisotopic (exact) mass is 245 g/mol. The molecule has 0 saturated carbocycles. The first-order valence-corrected chi connectivity index (χ1v) is 6.85. The number of hydrogen-bond acceptors (Lipinski definition) is 2. The number of carbonyl (C=O) groups excluding carboxylic acids is 1. The van der Waals surface area contributed by atoms with Crippen molar-refractivity contribution in [1.82, 2.24) is 0 Å². The first kappa shape index (κ1) is 18.8. The molecule has 0 atom stereocenters. The Kier molecular flexibility index (Phi) is 13.2. The van der Waals surface area contributed by atoms with Crippen molar-refractivity contribution in [2.24, 2.45) is 0 Å². The minimum atomic E-state index is -1.08. The van der Waals surface area contributed by atoms with Crippen LogP contribution < -0.4 is 5.11 Å². The van der Waals surface area contributed by atoms with E-state index >= 15 is 0 Å². The molecule has 0 aromatic rings. The summed E-state index contributed by atoms with van der Waals surface area (Å²) in [4.78, 5) is 8.89. The van der Waals surface area contributed by atoms with Gasteiger partial charge in [-0.05, 0) is 32.6 Å². The van der Waals surface area contributed by atoms with Crippen LogP contribution in [0.1, 0.15) is 59.3 Å². The van der Waals surface area contributed by atoms with Crippen LogP contribution in [-0.2, 0) is 4.79 Å². The van der Waals surface area contributed by atoms with Crippen LogP contribution in [0, 0.1) is 0 Å². The summed E-state index contributed by atoms with van der Waals surface area (Å²) in [5, 5.41) is 8.89. The Morgan fingerprint density at radius 3 is 1.47 bits per heavy atom. The molecule has 17 heavy (non-hydrogen) atoms. The summed E-state index contributed by atoms with van der Waals surface area (Å²) >= 11 is 0. The molecular weight excluding hydrogens is 214 g/mol. The average Bonchev–Trinajstić information content (AvgIpc) is 2.17. The van der Waals surface area contributed by atoms with E-state index in [4.69, 9.17) is 9.90 Å². The normalized spacial score (nSPS) is 10.6. The number of unbranched alkanes of at least 4 members (excludes halogenated alkanes) is 4. The van der Waals surface area contributed by atoms with Gasteiger partial charge >= 0.3 is 0 Å². The van der Waals surface area contributed by atoms with Crippen molar-refractivity contribution in [1.29, 1.82) is 0 Å². The zero-order valence-electron chi connectivity index (χ0n) is 12.4. The second kappa shape index (κ2) is 11.9. The number of hydrogen-bond donors (Lipinski definition) is 0. The Labute approximate surface area is 107 Å². The highest BCUT2D eigenvalue weighted by Gasteiger charge is 2.12. The zero-order valence-corrected chi connectivity index (χ0v) is 12.4. The van der Waals surface area contributed by atoms with Crippen LogP contribution in [0.4, 0.5) is 0 Å². The number of quaternary nitrogens is 1. The van der Waals surface area contributed by atoms with Gasteiger partial charge in [0.25, 0.3) is 0 Å². The Morgan fingerprint density at radius 2 is 1.24 bits per heavy atom. The zero-order chi connectivity index (χ0) is 13.7. The van der Waals surface area contributed by atoms with Gasteiger partial charge in [-0.2, -0.15) is 0 Å². The maximum absolute atomic E-state index is 8.89. The van der Waals surface area contributed by atoms with Crippen molar-refractivity contribution >= 4 is 5.97 Å². The summed E-state index contributed by atoms with van der Waals surface area (Å²) in [5.74, 6) is -1.08. The minimum absolute atomic E-state index is 0.972. The lowest BCUT2D eigenvalue weighted by Crippen LogP contribution is -2.41. The van der Waals surface area contributed by atoms with Gasteiger partial charge in [-0.1, -0.05) is 26.7 Å². The fourth-order valence-corrected chi connectivity index (χ4v) is 1.69. The van der Waals surface area contributed by atoms with Gasteiger partial charge in [0.15, 0.2) is 0 Å². The third-order valence-electron chi connectivity index (χ3n) is 2.73. The predicted molar refractivity (Wildman–Crippen MR) is 71.6 cm³/mol. The second-order valence-electron chi connectivity index (χ2n) is 5.29. The van der Waals surface area contributed by atoms with Crippen molar-refractivity contribution in [2.75, 3.05) is 27.2 Å². The van der Waals surface area contributed by atoms with E-state index < -0.39 is 5.97 Å². The predicted octanol–water partition coefficient (Wildman–Crippen LogP) is 2.20. The minimum Gasteiger partial charge on any atom is -0.550 e. The van der Waals surface area contributed by atoms with Crippen LogP contribution in [-0.4, -0.2) is 37.6 Å². The Morgan fingerprint density at radius 1 is 0.941 bits per heavy atom. The van der Waals surface area contributed by atoms with Crippen molar-refractivity contribution in [3.63, 3.8) is 0 Å². The molecule has 3 heteroatoms. The molecule has 0 rings (SSSR count). The van der Waals surface area contributed by atoms with Crippen molar-refractivity contribution < 1.29 is 14.4 Å². The van der Waals surface area contributed by atoms with Crippen LogP contribution in [0.2, 0.25) is 0 Å². The third-order valence-corrected chi connectivity index (χ3v) is 2.73. The molecule has 0 radical (unpaired) electrons. The van der Waals surface area contributed by atoms with E-state index in [-0.39, 0.29) is 0 Å². The van der Waals surface area contributed by atoms with Crippen LogP contribution >= 0.6 is 0 Å². The van der Waals surface area contributed by atoms with E-state index in [1.807, 2.05) is 0 Å². The van der Waals surface area contributed by atoms with Crippen LogP contribution in [0.25, 0.3) is 0 Å². The van der Waals surface area contributed by atoms with Gasteiger partial charge in [0.1, 0.15) is 0 Å². The van der Waals surface area contributed by atoms with Crippen molar-refractivity contribution in [2.45, 2.75) is 59.3 Å². The molecular formula is C14H31NO2. The number of carboxylic acids is 1. The highest BCUT2D eigenvalue weighted by atomic mass is 16.4. The molecule has 0 aromatic heterocycles. The molecule has 0 aliphatic rings. The van der Waals surface area contributed by atoms with Gasteiger partial charge in [-0.25, -0.2) is 0 Å². The molecule has 3 nitrogen and oxygen atoms in total. The maximum Gasteiger partial charge on any atom is 0.0782 e. The smallest absolute Gasteiger partial charge is 0.0782 e. The van der Waals surface area contributed by atoms with Crippen molar-refractivity contribution in [3.8, 4) is 0 Å². The molecule has 0 aromatic carbocycles. The van der Waals surface area contributed by atoms with Crippen LogP contribution in [0.5, 0.6) is 0 Å². The van der Waals surface area contributed by atoms with Gasteiger partial charge in [0.2, 0.25) is 0 Å². The second-order valence-corrected chi connectivity index (χ2v) is 5.29. The van der Waals surface area contributed by atoms with Gasteiger partial charge in [-0.3, -0.25) is 0 Å². The fraction of sp³-hybridized carbons (Fsp3) is 0.929. The number of nitrogens with zero attached hydrogens (tertiary/aromatic N) is 1. The van der Waals surface area contributed by atoms with Gasteiger partial charge in [-0.15, -0.1) is 0 Å². The largest absolute Gasteiger partial charge is 0.550 e. The number of rotatable bonds is 8. The molecule has 0 aliphatic heterocycles. The van der Waals surface area contributed by atoms with Crippen molar-refractivity contribution in [3.05, 3.63) is 0 Å². The van der Waals surface area contributed by atoms with E-state index in [0.717, 1.165) is 6.92 Å². The topological polar surface area (TPSA) is 40.1 Å². The van der Waals surface area contributed by atoms with E-state index in [1.54, 1.807) is 0 Å². The highest BCUT2D eigenvalue weighted by molar-refractivity contribution is 5.60. The quantitative estimate of drug-likeness (QED) is 0.486. The molecule has 0 N–H and O–H groups in total. The Balaban J connectivity index is 0. The average molecular weight is 245 g/mol. The lowest BCUT2D eigenvalue weighted by molar-refractivity contribution is -0.890. The van der Waals surface area contributed by atoms with E-state index in [9.17, 15) is 0 Å². The van der Waals surface area contributed by atoms with Gasteiger partial charge in [0, 0.05) is 5.97 Å². The lowest BCUT2D eigenvalue weighted by atomic mass is 10.2. The summed E-state index contributed by atoms with van der Waals surface area (Å²) in [7, 11) is 4.73. The lowest BCUT2D eigenvalue weighted by Gasteiger charge is -2.29. The molecule has 0 heterocycles. The molecule has 0 aliphatic carbocycles. The molecule has 0 bridgehead atoms. The van der Waals surface area contributed by atoms with Gasteiger partial charge in [0.05, 0.1) is 27.2 Å². The molecule has 104 valence electrons. The first-order chi connectivity index (χ1) is 7.85. The van der Waals surface area contributed by atoms with Gasteiger partial charge < -0.3 is 14.4 Å². The summed E-state index contributed by atoms with van der Waals surface area (Å²) in [5.41, 5.74) is 0. The summed E-state index contributed by atoms with van der Waals surface area (Å²) in [6.07, 6.45) is 8.28. The molecule has 0 spiro atoms. The SMILES string of the molecule is CC(=O)[O-].CCCCC[N+](C)(C)CCCCC. The standard InChI is InChI=1S/C12H28N.C2H4O2/c1-5-7-9-11-13(3,4)12-10-8-6-2;1-2(3)4/h5-12H2,1-4H3;1H3,(H,3,4)/q+1;/p-1. The highest BCUT2D eigenvalue weighted by Crippen LogP contribution is 2.06. The van der Waals surface area contributed by atoms with Crippen LogP contribution in [0.15, 0.2) is 0 Å². The number of carboxylic acid groups (broad SMARTS) is 1. The Hall–Kier alpha value is -0.570. The summed E-state index contributed by atoms with van der Waals surface area (Å²) in [6, 6.07) is 0. The maximum atomic E-state index is 8.89. The van der Waals surface area contributed by atoms with E-state index in [2.05, 4.69) is 27.9 Å². The van der Waals surface area contributed by atoms with E-state index in [1.165, 1.54) is 56.1 Å². The molecule has 0 fully saturated rings. The van der Waals surface area contributed by atoms with E-state index in [0.29, 0.717) is 0 Å². The number of carbonyl (C=O) groups is 1. The Bertz CT molecular complexity index is 163. The molecule has 0 unspecified atom stereocenters.